The summed E-state index contributed by atoms with van der Waals surface area (Å²) in [6.45, 7) is 10.3. The highest BCUT2D eigenvalue weighted by Crippen LogP contribution is 2.45. The van der Waals surface area contributed by atoms with E-state index in [0.29, 0.717) is 5.92 Å². The summed E-state index contributed by atoms with van der Waals surface area (Å²) in [4.78, 5) is 0. The van der Waals surface area contributed by atoms with E-state index < -0.39 is 5.21 Å². The third kappa shape index (κ3) is 1.81. The first-order valence-electron chi connectivity index (χ1n) is 3.77. The second-order valence-electron chi connectivity index (χ2n) is 4.34. The summed E-state index contributed by atoms with van der Waals surface area (Å²) in [5, 5.41) is -0.562. The Balaban J connectivity index is 4.40. The molecule has 2 heteroatoms. The molecular formula is C8H16B2. The zero-order valence-corrected chi connectivity index (χ0v) is 7.73. The van der Waals surface area contributed by atoms with Gasteiger partial charge in [-0.15, -0.1) is 0 Å². The van der Waals surface area contributed by atoms with E-state index in [1.807, 2.05) is 13.8 Å². The first-order valence-corrected chi connectivity index (χ1v) is 3.77. The highest BCUT2D eigenvalue weighted by molar-refractivity contribution is 6.40. The molecule has 0 atom stereocenters. The van der Waals surface area contributed by atoms with E-state index in [-0.39, 0.29) is 5.41 Å². The lowest BCUT2D eigenvalue weighted by Crippen LogP contribution is -2.34. The molecule has 0 aliphatic heterocycles. The standard InChI is InChI=1S/C8H16B2/c1-6(2)8(9,10)7(3,4)5/h6H,1-5H3. The molecule has 0 aromatic carbocycles. The van der Waals surface area contributed by atoms with Gasteiger partial charge in [-0.1, -0.05) is 45.8 Å². The van der Waals surface area contributed by atoms with Crippen LogP contribution in [-0.2, 0) is 0 Å². The lowest BCUT2D eigenvalue weighted by Gasteiger charge is -2.43. The minimum atomic E-state index is -0.562. The number of hydrogen-bond acceptors (Lipinski definition) is 0. The van der Waals surface area contributed by atoms with Crippen LogP contribution < -0.4 is 0 Å². The van der Waals surface area contributed by atoms with E-state index in [2.05, 4.69) is 20.8 Å². The van der Waals surface area contributed by atoms with Gasteiger partial charge in [0.15, 0.2) is 0 Å². The van der Waals surface area contributed by atoms with Crippen molar-refractivity contribution in [3.8, 4) is 0 Å². The van der Waals surface area contributed by atoms with Crippen molar-refractivity contribution in [3.63, 3.8) is 0 Å². The first-order chi connectivity index (χ1) is 4.19. The van der Waals surface area contributed by atoms with Crippen LogP contribution >= 0.6 is 0 Å². The Hall–Kier alpha value is 0.130. The molecule has 0 aromatic heterocycles. The lowest BCUT2D eigenvalue weighted by molar-refractivity contribution is 0.283. The molecule has 0 heterocycles. The molecule has 0 unspecified atom stereocenters. The van der Waals surface area contributed by atoms with Crippen molar-refractivity contribution in [1.29, 1.82) is 0 Å². The molecule has 0 spiro atoms. The minimum Gasteiger partial charge on any atom is -0.0921 e. The summed E-state index contributed by atoms with van der Waals surface area (Å²) >= 11 is 0. The Labute approximate surface area is 67.6 Å². The van der Waals surface area contributed by atoms with Gasteiger partial charge in [0.2, 0.25) is 0 Å². The van der Waals surface area contributed by atoms with Gasteiger partial charge in [0.05, 0.1) is 15.7 Å². The molecule has 0 saturated heterocycles. The molecule has 0 nitrogen and oxygen atoms in total. The van der Waals surface area contributed by atoms with Crippen molar-refractivity contribution in [2.75, 3.05) is 0 Å². The Bertz CT molecular complexity index is 109. The molecule has 0 saturated carbocycles. The minimum absolute atomic E-state index is 0.0266. The van der Waals surface area contributed by atoms with E-state index in [1.165, 1.54) is 0 Å². The Morgan fingerprint density at radius 1 is 1.00 bits per heavy atom. The van der Waals surface area contributed by atoms with E-state index in [0.717, 1.165) is 0 Å². The van der Waals surface area contributed by atoms with Crippen LogP contribution in [-0.4, -0.2) is 15.7 Å². The first kappa shape index (κ1) is 10.1. The quantitative estimate of drug-likeness (QED) is 0.481. The summed E-state index contributed by atoms with van der Waals surface area (Å²) in [7, 11) is 11.8. The summed E-state index contributed by atoms with van der Waals surface area (Å²) in [6.07, 6.45) is 0. The van der Waals surface area contributed by atoms with E-state index >= 15 is 0 Å². The van der Waals surface area contributed by atoms with Gasteiger partial charge >= 0.3 is 0 Å². The van der Waals surface area contributed by atoms with Gasteiger partial charge in [-0.2, -0.15) is 0 Å². The molecule has 0 aromatic rings. The number of hydrogen-bond donors (Lipinski definition) is 0. The number of rotatable bonds is 1. The fraction of sp³-hybridized carbons (Fsp3) is 1.00. The highest BCUT2D eigenvalue weighted by atomic mass is 14.3. The molecule has 0 bridgehead atoms. The smallest absolute Gasteiger partial charge is 0.0631 e. The van der Waals surface area contributed by atoms with Crippen LogP contribution in [0.2, 0.25) is 5.21 Å². The average Bonchev–Trinajstić information content (AvgIpc) is 1.62. The Morgan fingerprint density at radius 3 is 1.30 bits per heavy atom. The van der Waals surface area contributed by atoms with Crippen LogP contribution in [0.25, 0.3) is 0 Å². The molecular weight excluding hydrogens is 118 g/mol. The van der Waals surface area contributed by atoms with Crippen LogP contribution in [0.4, 0.5) is 0 Å². The molecule has 0 aliphatic rings. The summed E-state index contributed by atoms with van der Waals surface area (Å²) in [5.41, 5.74) is -0.0266. The van der Waals surface area contributed by atoms with Crippen molar-refractivity contribution >= 4 is 15.7 Å². The van der Waals surface area contributed by atoms with Crippen LogP contribution in [0.5, 0.6) is 0 Å². The SMILES string of the molecule is [B]C([B])(C(C)C)C(C)(C)C. The molecule has 0 aliphatic carbocycles. The highest BCUT2D eigenvalue weighted by Gasteiger charge is 2.33. The fourth-order valence-corrected chi connectivity index (χ4v) is 0.866. The van der Waals surface area contributed by atoms with Gasteiger partial charge in [0.1, 0.15) is 0 Å². The predicted octanol–water partition coefficient (Wildman–Crippen LogP) is 2.14. The second kappa shape index (κ2) is 2.64. The van der Waals surface area contributed by atoms with Crippen LogP contribution in [0, 0.1) is 11.3 Å². The van der Waals surface area contributed by atoms with Crippen LogP contribution in [0.1, 0.15) is 34.6 Å². The van der Waals surface area contributed by atoms with Crippen molar-refractivity contribution in [2.45, 2.75) is 39.8 Å². The zero-order chi connectivity index (χ0) is 8.58. The van der Waals surface area contributed by atoms with Crippen molar-refractivity contribution in [3.05, 3.63) is 0 Å². The Kier molecular flexibility index (Phi) is 2.67. The van der Waals surface area contributed by atoms with Crippen LogP contribution in [0.3, 0.4) is 0 Å². The normalized spacial score (nSPS) is 14.2. The van der Waals surface area contributed by atoms with E-state index in [4.69, 9.17) is 15.7 Å². The molecule has 0 rings (SSSR count). The third-order valence-corrected chi connectivity index (χ3v) is 2.25. The average molecular weight is 134 g/mol. The van der Waals surface area contributed by atoms with Crippen molar-refractivity contribution < 1.29 is 0 Å². The van der Waals surface area contributed by atoms with Gasteiger partial charge in [-0.3, -0.25) is 0 Å². The van der Waals surface area contributed by atoms with Gasteiger partial charge in [-0.25, -0.2) is 0 Å². The molecule has 54 valence electrons. The second-order valence-corrected chi connectivity index (χ2v) is 4.34. The monoisotopic (exact) mass is 134 g/mol. The van der Waals surface area contributed by atoms with Gasteiger partial charge in [0.25, 0.3) is 0 Å². The van der Waals surface area contributed by atoms with Crippen molar-refractivity contribution in [2.24, 2.45) is 11.3 Å². The summed E-state index contributed by atoms with van der Waals surface area (Å²) < 4.78 is 0. The summed E-state index contributed by atoms with van der Waals surface area (Å²) in [5.74, 6) is 0.312. The molecule has 4 radical (unpaired) electrons. The van der Waals surface area contributed by atoms with Crippen LogP contribution in [0.15, 0.2) is 0 Å². The topological polar surface area (TPSA) is 0 Å². The van der Waals surface area contributed by atoms with E-state index in [9.17, 15) is 0 Å². The maximum Gasteiger partial charge on any atom is 0.0631 e. The Morgan fingerprint density at radius 2 is 1.30 bits per heavy atom. The summed E-state index contributed by atoms with van der Waals surface area (Å²) in [6, 6.07) is 0. The molecule has 10 heavy (non-hydrogen) atoms. The zero-order valence-electron chi connectivity index (χ0n) is 7.73. The van der Waals surface area contributed by atoms with Crippen molar-refractivity contribution in [1.82, 2.24) is 0 Å². The maximum absolute atomic E-state index is 5.91. The lowest BCUT2D eigenvalue weighted by atomic mass is 9.39. The molecule has 0 fully saturated rings. The largest absolute Gasteiger partial charge is 0.0921 e. The van der Waals surface area contributed by atoms with E-state index in [1.54, 1.807) is 0 Å². The van der Waals surface area contributed by atoms with Gasteiger partial charge in [0, 0.05) is 0 Å². The predicted molar refractivity (Wildman–Crippen MR) is 48.5 cm³/mol. The van der Waals surface area contributed by atoms with Gasteiger partial charge < -0.3 is 0 Å². The third-order valence-electron chi connectivity index (χ3n) is 2.25. The maximum atomic E-state index is 5.91. The molecule has 0 N–H and O–H groups in total. The van der Waals surface area contributed by atoms with Gasteiger partial charge in [-0.05, 0) is 5.41 Å². The fourth-order valence-electron chi connectivity index (χ4n) is 0.866. The molecule has 0 amide bonds.